The predicted molar refractivity (Wildman–Crippen MR) is 69.7 cm³/mol. The highest BCUT2D eigenvalue weighted by Crippen LogP contribution is 2.13. The number of aliphatic hydroxyl groups excluding tert-OH is 1. The zero-order valence-electron chi connectivity index (χ0n) is 10.6. The molecule has 0 spiro atoms. The molecule has 1 atom stereocenters. The molecule has 100 valence electrons. The Labute approximate surface area is 108 Å². The summed E-state index contributed by atoms with van der Waals surface area (Å²) in [6.45, 7) is 3.06. The van der Waals surface area contributed by atoms with Crippen LogP contribution in [0.2, 0.25) is 0 Å². The Morgan fingerprint density at radius 2 is 2.17 bits per heavy atom. The predicted octanol–water partition coefficient (Wildman–Crippen LogP) is 1.33. The van der Waals surface area contributed by atoms with Gasteiger partial charge in [0.2, 0.25) is 0 Å². The summed E-state index contributed by atoms with van der Waals surface area (Å²) < 4.78 is 10.9. The smallest absolute Gasteiger partial charge is 0.119 e. The molecule has 1 saturated heterocycles. The van der Waals surface area contributed by atoms with E-state index < -0.39 is 0 Å². The van der Waals surface area contributed by atoms with Crippen LogP contribution in [-0.2, 0) is 11.3 Å². The molecule has 0 saturated carbocycles. The Bertz CT molecular complexity index is 333. The highest BCUT2D eigenvalue weighted by Gasteiger charge is 2.14. The fourth-order valence-corrected chi connectivity index (χ4v) is 2.05. The average molecular weight is 251 g/mol. The number of rotatable bonds is 7. The molecule has 0 radical (unpaired) electrons. The monoisotopic (exact) mass is 251 g/mol. The van der Waals surface area contributed by atoms with Gasteiger partial charge >= 0.3 is 0 Å². The Morgan fingerprint density at radius 3 is 2.83 bits per heavy atom. The lowest BCUT2D eigenvalue weighted by molar-refractivity contribution is 0.110. The first-order valence-electron chi connectivity index (χ1n) is 6.53. The third-order valence-corrected chi connectivity index (χ3v) is 3.01. The number of hydrogen-bond acceptors (Lipinski definition) is 4. The van der Waals surface area contributed by atoms with Crippen molar-refractivity contribution in [3.05, 3.63) is 29.8 Å². The zero-order chi connectivity index (χ0) is 12.6. The van der Waals surface area contributed by atoms with E-state index in [2.05, 4.69) is 5.32 Å². The molecule has 0 bridgehead atoms. The van der Waals surface area contributed by atoms with Crippen molar-refractivity contribution in [1.29, 1.82) is 0 Å². The Balaban J connectivity index is 1.68. The molecule has 1 fully saturated rings. The number of aliphatic hydroxyl groups is 1. The molecule has 0 amide bonds. The number of benzene rings is 1. The van der Waals surface area contributed by atoms with Crippen molar-refractivity contribution < 1.29 is 14.6 Å². The molecular weight excluding hydrogens is 230 g/mol. The second-order valence-electron chi connectivity index (χ2n) is 4.48. The van der Waals surface area contributed by atoms with Crippen molar-refractivity contribution in [3.8, 4) is 5.75 Å². The van der Waals surface area contributed by atoms with E-state index in [0.717, 1.165) is 25.4 Å². The zero-order valence-corrected chi connectivity index (χ0v) is 10.6. The first kappa shape index (κ1) is 13.3. The summed E-state index contributed by atoms with van der Waals surface area (Å²) in [6.07, 6.45) is 2.74. The van der Waals surface area contributed by atoms with E-state index >= 15 is 0 Å². The van der Waals surface area contributed by atoms with Gasteiger partial charge in [-0.1, -0.05) is 12.1 Å². The van der Waals surface area contributed by atoms with E-state index in [1.807, 2.05) is 24.3 Å². The topological polar surface area (TPSA) is 50.7 Å². The fourth-order valence-electron chi connectivity index (χ4n) is 2.05. The van der Waals surface area contributed by atoms with Gasteiger partial charge in [-0.05, 0) is 30.5 Å². The lowest BCUT2D eigenvalue weighted by Gasteiger charge is -2.11. The maximum atomic E-state index is 8.66. The Kier molecular flexibility index (Phi) is 5.45. The number of nitrogens with one attached hydrogen (secondary N) is 1. The summed E-state index contributed by atoms with van der Waals surface area (Å²) in [4.78, 5) is 0. The molecule has 0 aromatic heterocycles. The number of hydrogen-bond donors (Lipinski definition) is 2. The summed E-state index contributed by atoms with van der Waals surface area (Å²) in [7, 11) is 0. The fraction of sp³-hybridized carbons (Fsp3) is 0.571. The van der Waals surface area contributed by atoms with Gasteiger partial charge in [0.25, 0.3) is 0 Å². The molecule has 4 heteroatoms. The standard InChI is InChI=1S/C14H21NO3/c16-7-9-18-13-5-3-12(4-6-13)10-15-11-14-2-1-8-17-14/h3-6,14-16H,1-2,7-11H2/t14-/m0/s1. The van der Waals surface area contributed by atoms with Crippen molar-refractivity contribution >= 4 is 0 Å². The van der Waals surface area contributed by atoms with E-state index in [0.29, 0.717) is 12.7 Å². The van der Waals surface area contributed by atoms with E-state index in [1.54, 1.807) is 0 Å². The minimum Gasteiger partial charge on any atom is -0.491 e. The van der Waals surface area contributed by atoms with Crippen molar-refractivity contribution in [2.75, 3.05) is 26.4 Å². The average Bonchev–Trinajstić information content (AvgIpc) is 2.91. The van der Waals surface area contributed by atoms with Crippen LogP contribution in [0, 0.1) is 0 Å². The molecular formula is C14H21NO3. The van der Waals surface area contributed by atoms with Crippen LogP contribution >= 0.6 is 0 Å². The van der Waals surface area contributed by atoms with Gasteiger partial charge in [0, 0.05) is 19.7 Å². The lowest BCUT2D eigenvalue weighted by Crippen LogP contribution is -2.25. The summed E-state index contributed by atoms with van der Waals surface area (Å²) in [5.41, 5.74) is 1.23. The molecule has 1 aromatic rings. The van der Waals surface area contributed by atoms with Gasteiger partial charge in [0.05, 0.1) is 12.7 Å². The highest BCUT2D eigenvalue weighted by atomic mass is 16.5. The normalized spacial score (nSPS) is 19.1. The van der Waals surface area contributed by atoms with Crippen molar-refractivity contribution in [2.24, 2.45) is 0 Å². The molecule has 1 aliphatic heterocycles. The van der Waals surface area contributed by atoms with Crippen LogP contribution in [0.5, 0.6) is 5.75 Å². The van der Waals surface area contributed by atoms with Gasteiger partial charge in [-0.15, -0.1) is 0 Å². The minimum atomic E-state index is 0.0463. The van der Waals surface area contributed by atoms with Crippen LogP contribution in [0.3, 0.4) is 0 Å². The van der Waals surface area contributed by atoms with Crippen LogP contribution in [0.1, 0.15) is 18.4 Å². The van der Waals surface area contributed by atoms with Crippen molar-refractivity contribution in [2.45, 2.75) is 25.5 Å². The van der Waals surface area contributed by atoms with Gasteiger partial charge in [0.1, 0.15) is 12.4 Å². The maximum absolute atomic E-state index is 8.66. The molecule has 2 N–H and O–H groups in total. The van der Waals surface area contributed by atoms with Crippen molar-refractivity contribution in [3.63, 3.8) is 0 Å². The van der Waals surface area contributed by atoms with Gasteiger partial charge in [-0.2, -0.15) is 0 Å². The van der Waals surface area contributed by atoms with E-state index in [9.17, 15) is 0 Å². The summed E-state index contributed by atoms with van der Waals surface area (Å²) in [5.74, 6) is 0.798. The third-order valence-electron chi connectivity index (χ3n) is 3.01. The van der Waals surface area contributed by atoms with E-state index in [1.165, 1.54) is 18.4 Å². The summed E-state index contributed by atoms with van der Waals surface area (Å²) >= 11 is 0. The van der Waals surface area contributed by atoms with Crippen LogP contribution in [0.15, 0.2) is 24.3 Å². The molecule has 2 rings (SSSR count). The first-order valence-corrected chi connectivity index (χ1v) is 6.53. The van der Waals surface area contributed by atoms with Crippen LogP contribution in [-0.4, -0.2) is 37.6 Å². The van der Waals surface area contributed by atoms with Crippen molar-refractivity contribution in [1.82, 2.24) is 5.32 Å². The Hall–Kier alpha value is -1.10. The summed E-state index contributed by atoms with van der Waals surface area (Å²) in [6, 6.07) is 7.93. The first-order chi connectivity index (χ1) is 8.88. The molecule has 0 unspecified atom stereocenters. The quantitative estimate of drug-likeness (QED) is 0.767. The summed E-state index contributed by atoms with van der Waals surface area (Å²) in [5, 5.41) is 12.1. The van der Waals surface area contributed by atoms with Gasteiger partial charge in [-0.3, -0.25) is 0 Å². The molecule has 1 aliphatic rings. The van der Waals surface area contributed by atoms with Gasteiger partial charge in [-0.25, -0.2) is 0 Å². The molecule has 18 heavy (non-hydrogen) atoms. The molecule has 1 heterocycles. The minimum absolute atomic E-state index is 0.0463. The van der Waals surface area contributed by atoms with Crippen LogP contribution in [0.25, 0.3) is 0 Å². The lowest BCUT2D eigenvalue weighted by atomic mass is 10.2. The van der Waals surface area contributed by atoms with Gasteiger partial charge < -0.3 is 19.9 Å². The molecule has 1 aromatic carbocycles. The van der Waals surface area contributed by atoms with Crippen LogP contribution < -0.4 is 10.1 Å². The second kappa shape index (κ2) is 7.36. The number of ether oxygens (including phenoxy) is 2. The van der Waals surface area contributed by atoms with Crippen LogP contribution in [0.4, 0.5) is 0 Å². The molecule has 4 nitrogen and oxygen atoms in total. The Morgan fingerprint density at radius 1 is 1.33 bits per heavy atom. The third kappa shape index (κ3) is 4.29. The van der Waals surface area contributed by atoms with E-state index in [4.69, 9.17) is 14.6 Å². The van der Waals surface area contributed by atoms with Gasteiger partial charge in [0.15, 0.2) is 0 Å². The largest absolute Gasteiger partial charge is 0.491 e. The maximum Gasteiger partial charge on any atom is 0.119 e. The SMILES string of the molecule is OCCOc1ccc(CNC[C@@H]2CCCO2)cc1. The molecule has 0 aliphatic carbocycles. The highest BCUT2D eigenvalue weighted by molar-refractivity contribution is 5.27. The second-order valence-corrected chi connectivity index (χ2v) is 4.48. The van der Waals surface area contributed by atoms with E-state index in [-0.39, 0.29) is 6.61 Å².